The topological polar surface area (TPSA) is 20.3 Å². The van der Waals surface area contributed by atoms with E-state index in [2.05, 4.69) is 60.3 Å². The Bertz CT molecular complexity index is 306. The van der Waals surface area contributed by atoms with E-state index in [9.17, 15) is 4.79 Å². The first-order chi connectivity index (χ1) is 8.68. The van der Waals surface area contributed by atoms with Crippen LogP contribution in [0.2, 0.25) is 0 Å². The molecule has 1 amide bonds. The Labute approximate surface area is 119 Å². The predicted molar refractivity (Wildman–Crippen MR) is 81.9 cm³/mol. The predicted octanol–water partition coefficient (Wildman–Crippen LogP) is 4.20. The van der Waals surface area contributed by atoms with Gasteiger partial charge in [-0.05, 0) is 43.9 Å². The molecule has 2 nitrogen and oxygen atoms in total. The maximum absolute atomic E-state index is 12.8. The lowest BCUT2D eigenvalue weighted by atomic mass is 9.70. The molecule has 0 bridgehead atoms. The number of hydrogen-bond acceptors (Lipinski definition) is 1. The molecule has 2 heteroatoms. The second-order valence-electron chi connectivity index (χ2n) is 7.57. The van der Waals surface area contributed by atoms with E-state index in [0.29, 0.717) is 41.7 Å². The van der Waals surface area contributed by atoms with Crippen molar-refractivity contribution in [3.8, 4) is 0 Å². The second-order valence-corrected chi connectivity index (χ2v) is 7.57. The average molecular weight is 267 g/mol. The molecular formula is C17H33NO. The van der Waals surface area contributed by atoms with Crippen LogP contribution in [-0.2, 0) is 4.79 Å². The zero-order valence-corrected chi connectivity index (χ0v) is 14.1. The van der Waals surface area contributed by atoms with E-state index in [1.165, 1.54) is 0 Å². The molecular weight excluding hydrogens is 234 g/mol. The SMILES string of the molecule is CC(C)C1CC(C(C)C)C(C(C)C)N(C(C)C)C1=O. The molecule has 1 fully saturated rings. The van der Waals surface area contributed by atoms with Gasteiger partial charge in [-0.15, -0.1) is 0 Å². The van der Waals surface area contributed by atoms with Crippen LogP contribution < -0.4 is 0 Å². The van der Waals surface area contributed by atoms with E-state index in [4.69, 9.17) is 0 Å². The Morgan fingerprint density at radius 1 is 0.895 bits per heavy atom. The van der Waals surface area contributed by atoms with E-state index in [-0.39, 0.29) is 5.92 Å². The number of hydrogen-bond donors (Lipinski definition) is 0. The smallest absolute Gasteiger partial charge is 0.226 e. The van der Waals surface area contributed by atoms with E-state index in [1.807, 2.05) is 0 Å². The van der Waals surface area contributed by atoms with Gasteiger partial charge >= 0.3 is 0 Å². The molecule has 0 aromatic heterocycles. The molecule has 3 unspecified atom stereocenters. The third kappa shape index (κ3) is 3.32. The highest BCUT2D eigenvalue weighted by Gasteiger charge is 2.45. The molecule has 0 saturated carbocycles. The Morgan fingerprint density at radius 3 is 1.74 bits per heavy atom. The molecule has 1 rings (SSSR count). The van der Waals surface area contributed by atoms with E-state index in [1.54, 1.807) is 0 Å². The Morgan fingerprint density at radius 2 is 1.42 bits per heavy atom. The molecule has 1 heterocycles. The molecule has 0 aromatic carbocycles. The lowest BCUT2D eigenvalue weighted by molar-refractivity contribution is -0.153. The molecule has 0 aliphatic carbocycles. The molecule has 1 saturated heterocycles. The summed E-state index contributed by atoms with van der Waals surface area (Å²) in [5, 5.41) is 0. The van der Waals surface area contributed by atoms with Crippen LogP contribution in [0.3, 0.4) is 0 Å². The van der Waals surface area contributed by atoms with E-state index < -0.39 is 0 Å². The summed E-state index contributed by atoms with van der Waals surface area (Å²) in [4.78, 5) is 15.0. The first-order valence-corrected chi connectivity index (χ1v) is 8.00. The van der Waals surface area contributed by atoms with Gasteiger partial charge in [-0.2, -0.15) is 0 Å². The standard InChI is InChI=1S/C17H33NO/c1-10(2)14-9-15(11(3)4)17(19)18(13(7)8)16(14)12(5)6/h10-16H,9H2,1-8H3. The average Bonchev–Trinajstić information content (AvgIpc) is 2.26. The maximum Gasteiger partial charge on any atom is 0.226 e. The Hall–Kier alpha value is -0.530. The number of rotatable bonds is 4. The van der Waals surface area contributed by atoms with Crippen molar-refractivity contribution < 1.29 is 4.79 Å². The van der Waals surface area contributed by atoms with Crippen LogP contribution in [0.15, 0.2) is 0 Å². The number of likely N-dealkylation sites (tertiary alicyclic amines) is 1. The molecule has 19 heavy (non-hydrogen) atoms. The van der Waals surface area contributed by atoms with Crippen molar-refractivity contribution in [1.82, 2.24) is 4.90 Å². The van der Waals surface area contributed by atoms with E-state index >= 15 is 0 Å². The monoisotopic (exact) mass is 267 g/mol. The highest BCUT2D eigenvalue weighted by molar-refractivity contribution is 5.80. The lowest BCUT2D eigenvalue weighted by Crippen LogP contribution is -2.59. The van der Waals surface area contributed by atoms with Gasteiger partial charge in [-0.25, -0.2) is 0 Å². The third-order valence-electron chi connectivity index (χ3n) is 4.76. The summed E-state index contributed by atoms with van der Waals surface area (Å²) in [6.07, 6.45) is 1.07. The van der Waals surface area contributed by atoms with Crippen LogP contribution >= 0.6 is 0 Å². The second kappa shape index (κ2) is 6.28. The summed E-state index contributed by atoms with van der Waals surface area (Å²) >= 11 is 0. The van der Waals surface area contributed by atoms with Crippen LogP contribution in [0.1, 0.15) is 61.8 Å². The van der Waals surface area contributed by atoms with Gasteiger partial charge in [0.2, 0.25) is 5.91 Å². The van der Waals surface area contributed by atoms with Crippen molar-refractivity contribution in [2.24, 2.45) is 29.6 Å². The first-order valence-electron chi connectivity index (χ1n) is 8.00. The minimum atomic E-state index is 0.213. The van der Waals surface area contributed by atoms with Crippen LogP contribution in [-0.4, -0.2) is 22.9 Å². The highest BCUT2D eigenvalue weighted by atomic mass is 16.2. The molecule has 0 radical (unpaired) electrons. The summed E-state index contributed by atoms with van der Waals surface area (Å²) in [6, 6.07) is 0.713. The van der Waals surface area contributed by atoms with Gasteiger partial charge in [0.15, 0.2) is 0 Å². The van der Waals surface area contributed by atoms with Crippen molar-refractivity contribution in [2.45, 2.75) is 73.9 Å². The van der Waals surface area contributed by atoms with Crippen molar-refractivity contribution in [1.29, 1.82) is 0 Å². The fraction of sp³-hybridized carbons (Fsp3) is 0.941. The maximum atomic E-state index is 12.8. The van der Waals surface area contributed by atoms with Crippen molar-refractivity contribution >= 4 is 5.91 Å². The van der Waals surface area contributed by atoms with Crippen molar-refractivity contribution in [2.75, 3.05) is 0 Å². The molecule has 0 spiro atoms. The zero-order valence-electron chi connectivity index (χ0n) is 14.1. The number of piperidine rings is 1. The van der Waals surface area contributed by atoms with Crippen LogP contribution in [0.25, 0.3) is 0 Å². The Balaban J connectivity index is 3.15. The molecule has 1 aliphatic rings. The minimum Gasteiger partial charge on any atom is -0.336 e. The van der Waals surface area contributed by atoms with Gasteiger partial charge in [0.05, 0.1) is 0 Å². The van der Waals surface area contributed by atoms with E-state index in [0.717, 1.165) is 6.42 Å². The van der Waals surface area contributed by atoms with Gasteiger partial charge in [0.1, 0.15) is 0 Å². The number of carbonyl (C=O) groups excluding carboxylic acids is 1. The minimum absolute atomic E-state index is 0.213. The largest absolute Gasteiger partial charge is 0.336 e. The third-order valence-corrected chi connectivity index (χ3v) is 4.76. The number of carbonyl (C=O) groups is 1. The summed E-state index contributed by atoms with van der Waals surface area (Å²) < 4.78 is 0. The van der Waals surface area contributed by atoms with Gasteiger partial charge in [0, 0.05) is 18.0 Å². The summed E-state index contributed by atoms with van der Waals surface area (Å²) in [5.74, 6) is 2.86. The fourth-order valence-electron chi connectivity index (χ4n) is 3.72. The number of amides is 1. The van der Waals surface area contributed by atoms with Crippen molar-refractivity contribution in [3.63, 3.8) is 0 Å². The Kier molecular flexibility index (Phi) is 5.46. The first kappa shape index (κ1) is 16.5. The fourth-order valence-corrected chi connectivity index (χ4v) is 3.72. The lowest BCUT2D eigenvalue weighted by Gasteiger charge is -2.50. The number of nitrogens with zero attached hydrogens (tertiary/aromatic N) is 1. The van der Waals surface area contributed by atoms with Crippen LogP contribution in [0.4, 0.5) is 0 Å². The molecule has 112 valence electrons. The summed E-state index contributed by atoms with van der Waals surface area (Å²) in [6.45, 7) is 17.8. The normalized spacial score (nSPS) is 29.2. The molecule has 0 aromatic rings. The quantitative estimate of drug-likeness (QED) is 0.747. The highest BCUT2D eigenvalue weighted by Crippen LogP contribution is 2.40. The zero-order chi connectivity index (χ0) is 14.9. The molecule has 3 atom stereocenters. The van der Waals surface area contributed by atoms with Crippen molar-refractivity contribution in [3.05, 3.63) is 0 Å². The van der Waals surface area contributed by atoms with Gasteiger partial charge in [0.25, 0.3) is 0 Å². The summed E-state index contributed by atoms with van der Waals surface area (Å²) in [7, 11) is 0. The molecule has 1 aliphatic heterocycles. The molecule has 0 N–H and O–H groups in total. The van der Waals surface area contributed by atoms with Gasteiger partial charge in [-0.3, -0.25) is 4.79 Å². The summed E-state index contributed by atoms with van der Waals surface area (Å²) in [5.41, 5.74) is 0. The van der Waals surface area contributed by atoms with Gasteiger partial charge < -0.3 is 4.90 Å². The van der Waals surface area contributed by atoms with Crippen LogP contribution in [0, 0.1) is 29.6 Å². The van der Waals surface area contributed by atoms with Gasteiger partial charge in [-0.1, -0.05) is 41.5 Å². The van der Waals surface area contributed by atoms with Crippen LogP contribution in [0.5, 0.6) is 0 Å².